The first-order valence-corrected chi connectivity index (χ1v) is 6.97. The lowest BCUT2D eigenvalue weighted by atomic mass is 10.0. The van der Waals surface area contributed by atoms with E-state index in [1.807, 2.05) is 0 Å². The number of rotatable bonds is 2. The van der Waals surface area contributed by atoms with Crippen LogP contribution in [0.1, 0.15) is 18.4 Å². The van der Waals surface area contributed by atoms with Crippen molar-refractivity contribution in [1.29, 1.82) is 0 Å². The fraction of sp³-hybridized carbons (Fsp3) is 0.333. The zero-order valence-corrected chi connectivity index (χ0v) is 11.7. The second-order valence-electron chi connectivity index (χ2n) is 5.23. The molecule has 2 aromatic rings. The lowest BCUT2D eigenvalue weighted by Crippen LogP contribution is -2.22. The van der Waals surface area contributed by atoms with Crippen molar-refractivity contribution in [2.75, 3.05) is 18.0 Å². The third kappa shape index (κ3) is 2.84. The molecule has 1 aromatic carbocycles. The summed E-state index contributed by atoms with van der Waals surface area (Å²) in [5, 5.41) is 6.01. The van der Waals surface area contributed by atoms with E-state index in [4.69, 9.17) is 0 Å². The third-order valence-corrected chi connectivity index (χ3v) is 3.72. The van der Waals surface area contributed by atoms with E-state index in [9.17, 15) is 18.0 Å². The molecule has 0 spiro atoms. The van der Waals surface area contributed by atoms with E-state index in [1.54, 1.807) is 11.0 Å². The van der Waals surface area contributed by atoms with Crippen molar-refractivity contribution < 1.29 is 13.2 Å². The molecule has 7 heteroatoms. The van der Waals surface area contributed by atoms with Gasteiger partial charge < -0.3 is 4.90 Å². The van der Waals surface area contributed by atoms with E-state index in [-0.39, 0.29) is 5.69 Å². The topological polar surface area (TPSA) is 49.0 Å². The van der Waals surface area contributed by atoms with Gasteiger partial charge >= 0.3 is 6.18 Å². The Hall–Kier alpha value is -2.31. The fourth-order valence-electron chi connectivity index (χ4n) is 2.66. The fourth-order valence-corrected chi connectivity index (χ4v) is 2.66. The highest BCUT2D eigenvalue weighted by atomic mass is 19.4. The van der Waals surface area contributed by atoms with Crippen molar-refractivity contribution in [3.8, 4) is 11.3 Å². The van der Waals surface area contributed by atoms with Crippen LogP contribution in [0.2, 0.25) is 0 Å². The molecule has 1 saturated heterocycles. The maximum Gasteiger partial charge on any atom is 0.418 e. The van der Waals surface area contributed by atoms with E-state index < -0.39 is 17.3 Å². The Kier molecular flexibility index (Phi) is 3.64. The molecule has 1 fully saturated rings. The first kappa shape index (κ1) is 14.6. The van der Waals surface area contributed by atoms with Crippen LogP contribution in [0.4, 0.5) is 18.9 Å². The zero-order valence-electron chi connectivity index (χ0n) is 11.7. The van der Waals surface area contributed by atoms with Crippen molar-refractivity contribution in [2.24, 2.45) is 0 Å². The number of nitrogens with one attached hydrogen (secondary N) is 1. The standard InChI is InChI=1S/C15H14F3N3O/c16-15(17,18)11-9-10(12-4-6-14(22)20-19-12)3-5-13(11)21-7-1-2-8-21/h3-6,9H,1-2,7-8H2,(H,20,22). The molecule has 4 nitrogen and oxygen atoms in total. The summed E-state index contributed by atoms with van der Waals surface area (Å²) in [7, 11) is 0. The van der Waals surface area contributed by atoms with Gasteiger partial charge in [0.2, 0.25) is 0 Å². The Morgan fingerprint density at radius 1 is 1.09 bits per heavy atom. The summed E-state index contributed by atoms with van der Waals surface area (Å²) in [6.07, 6.45) is -2.63. The maximum absolute atomic E-state index is 13.4. The van der Waals surface area contributed by atoms with Gasteiger partial charge in [0, 0.05) is 30.4 Å². The van der Waals surface area contributed by atoms with E-state index in [0.717, 1.165) is 18.9 Å². The lowest BCUT2D eigenvalue weighted by molar-refractivity contribution is -0.137. The molecule has 1 N–H and O–H groups in total. The second kappa shape index (κ2) is 5.47. The predicted octanol–water partition coefficient (Wildman–Crippen LogP) is 3.06. The van der Waals surface area contributed by atoms with Crippen molar-refractivity contribution in [3.05, 3.63) is 46.2 Å². The molecule has 0 saturated carbocycles. The SMILES string of the molecule is O=c1ccc(-c2ccc(N3CCCC3)c(C(F)(F)F)c2)n[nH]1. The summed E-state index contributed by atoms with van der Waals surface area (Å²) in [4.78, 5) is 12.8. The van der Waals surface area contributed by atoms with Gasteiger partial charge in [-0.25, -0.2) is 5.10 Å². The number of aromatic nitrogens is 2. The third-order valence-electron chi connectivity index (χ3n) is 3.72. The van der Waals surface area contributed by atoms with E-state index in [2.05, 4.69) is 10.2 Å². The molecule has 2 heterocycles. The monoisotopic (exact) mass is 309 g/mol. The number of anilines is 1. The highest BCUT2D eigenvalue weighted by Crippen LogP contribution is 2.39. The molecule has 1 aromatic heterocycles. The Morgan fingerprint density at radius 3 is 2.41 bits per heavy atom. The van der Waals surface area contributed by atoms with Crippen LogP contribution in [0.3, 0.4) is 0 Å². The Morgan fingerprint density at radius 2 is 1.82 bits per heavy atom. The van der Waals surface area contributed by atoms with Crippen LogP contribution >= 0.6 is 0 Å². The maximum atomic E-state index is 13.4. The molecule has 0 aliphatic carbocycles. The number of hydrogen-bond acceptors (Lipinski definition) is 3. The minimum atomic E-state index is -4.43. The molecule has 0 amide bonds. The number of benzene rings is 1. The quantitative estimate of drug-likeness (QED) is 0.927. The number of aromatic amines is 1. The van der Waals surface area contributed by atoms with Crippen LogP contribution in [0.25, 0.3) is 11.3 Å². The van der Waals surface area contributed by atoms with Gasteiger partial charge in [-0.05, 0) is 31.0 Å². The van der Waals surface area contributed by atoms with Gasteiger partial charge in [0.25, 0.3) is 5.56 Å². The summed E-state index contributed by atoms with van der Waals surface area (Å²) in [5.74, 6) is 0. The Labute approximate surface area is 124 Å². The second-order valence-corrected chi connectivity index (χ2v) is 5.23. The van der Waals surface area contributed by atoms with Gasteiger partial charge in [0.15, 0.2) is 0 Å². The van der Waals surface area contributed by atoms with Crippen molar-refractivity contribution in [1.82, 2.24) is 10.2 Å². The molecular formula is C15H14F3N3O. The van der Waals surface area contributed by atoms with Crippen molar-refractivity contribution >= 4 is 5.69 Å². The average molecular weight is 309 g/mol. The lowest BCUT2D eigenvalue weighted by Gasteiger charge is -2.23. The summed E-state index contributed by atoms with van der Waals surface area (Å²) in [6.45, 7) is 1.28. The van der Waals surface area contributed by atoms with Crippen LogP contribution in [0.15, 0.2) is 35.1 Å². The van der Waals surface area contributed by atoms with Crippen LogP contribution in [-0.2, 0) is 6.18 Å². The molecule has 0 unspecified atom stereocenters. The van der Waals surface area contributed by atoms with E-state index >= 15 is 0 Å². The van der Waals surface area contributed by atoms with Gasteiger partial charge in [0.1, 0.15) is 0 Å². The van der Waals surface area contributed by atoms with Crippen LogP contribution < -0.4 is 10.5 Å². The highest BCUT2D eigenvalue weighted by molar-refractivity contribution is 5.67. The van der Waals surface area contributed by atoms with Crippen LogP contribution in [0.5, 0.6) is 0 Å². The molecule has 0 radical (unpaired) electrons. The normalized spacial score (nSPS) is 15.3. The molecule has 22 heavy (non-hydrogen) atoms. The Bertz CT molecular complexity index is 713. The number of nitrogens with zero attached hydrogens (tertiary/aromatic N) is 2. The molecular weight excluding hydrogens is 295 g/mol. The van der Waals surface area contributed by atoms with E-state index in [1.165, 1.54) is 18.2 Å². The summed E-state index contributed by atoms with van der Waals surface area (Å²) in [5.41, 5.74) is -0.226. The van der Waals surface area contributed by atoms with Crippen molar-refractivity contribution in [2.45, 2.75) is 19.0 Å². The highest BCUT2D eigenvalue weighted by Gasteiger charge is 2.35. The first-order chi connectivity index (χ1) is 10.4. The summed E-state index contributed by atoms with van der Waals surface area (Å²) >= 11 is 0. The average Bonchev–Trinajstić information content (AvgIpc) is 3.01. The minimum Gasteiger partial charge on any atom is -0.371 e. The number of H-pyrrole nitrogens is 1. The van der Waals surface area contributed by atoms with Gasteiger partial charge in [-0.3, -0.25) is 4.79 Å². The molecule has 0 atom stereocenters. The smallest absolute Gasteiger partial charge is 0.371 e. The first-order valence-electron chi connectivity index (χ1n) is 6.97. The number of halogens is 3. The van der Waals surface area contributed by atoms with Crippen LogP contribution in [-0.4, -0.2) is 23.3 Å². The number of alkyl halides is 3. The van der Waals surface area contributed by atoms with Crippen molar-refractivity contribution in [3.63, 3.8) is 0 Å². The molecule has 116 valence electrons. The summed E-state index contributed by atoms with van der Waals surface area (Å²) in [6, 6.07) is 6.82. The van der Waals surface area contributed by atoms with Gasteiger partial charge in [-0.15, -0.1) is 0 Å². The van der Waals surface area contributed by atoms with E-state index in [0.29, 0.717) is 24.3 Å². The molecule has 3 rings (SSSR count). The Balaban J connectivity index is 2.07. The molecule has 1 aliphatic rings. The number of hydrogen-bond donors (Lipinski definition) is 1. The van der Waals surface area contributed by atoms with Gasteiger partial charge in [-0.1, -0.05) is 6.07 Å². The molecule has 0 bridgehead atoms. The molecule has 1 aliphatic heterocycles. The zero-order chi connectivity index (χ0) is 15.7. The largest absolute Gasteiger partial charge is 0.418 e. The van der Waals surface area contributed by atoms with Gasteiger partial charge in [0.05, 0.1) is 11.3 Å². The van der Waals surface area contributed by atoms with Crippen LogP contribution in [0, 0.1) is 0 Å². The minimum absolute atomic E-state index is 0.207. The summed E-state index contributed by atoms with van der Waals surface area (Å²) < 4.78 is 40.1. The van der Waals surface area contributed by atoms with Gasteiger partial charge in [-0.2, -0.15) is 18.3 Å². The predicted molar refractivity (Wildman–Crippen MR) is 76.7 cm³/mol.